The molecule has 0 aliphatic rings. The first-order chi connectivity index (χ1) is 10.2. The maximum atomic E-state index is 11.6. The highest BCUT2D eigenvalue weighted by Gasteiger charge is 2.01. The molecule has 2 rings (SSSR count). The number of thiophene rings is 1. The highest BCUT2D eigenvalue weighted by molar-refractivity contribution is 7.13. The summed E-state index contributed by atoms with van der Waals surface area (Å²) in [5.74, 6) is 1.03. The molecule has 1 amide bonds. The van der Waals surface area contributed by atoms with Crippen molar-refractivity contribution in [2.45, 2.75) is 6.92 Å². The molecule has 21 heavy (non-hydrogen) atoms. The monoisotopic (exact) mass is 304 g/mol. The van der Waals surface area contributed by atoms with Crippen molar-refractivity contribution in [3.8, 4) is 11.5 Å². The van der Waals surface area contributed by atoms with Crippen LogP contribution in [0.1, 0.15) is 9.75 Å². The van der Waals surface area contributed by atoms with E-state index < -0.39 is 0 Å². The third-order valence-corrected chi connectivity index (χ3v) is 3.51. The molecule has 0 radical (unpaired) electrons. The number of hydrogen-bond donors (Lipinski definition) is 1. The van der Waals surface area contributed by atoms with Gasteiger partial charge in [-0.05, 0) is 43.3 Å². The molecule has 5 nitrogen and oxygen atoms in total. The van der Waals surface area contributed by atoms with Crippen molar-refractivity contribution in [2.75, 3.05) is 13.7 Å². The molecule has 0 aliphatic carbocycles. The summed E-state index contributed by atoms with van der Waals surface area (Å²) in [6.07, 6.45) is 1.61. The predicted octanol–water partition coefficient (Wildman–Crippen LogP) is 2.59. The van der Waals surface area contributed by atoms with Crippen molar-refractivity contribution >= 4 is 23.5 Å². The van der Waals surface area contributed by atoms with Crippen molar-refractivity contribution in [1.82, 2.24) is 5.43 Å². The smallest absolute Gasteiger partial charge is 0.277 e. The number of nitrogens with one attached hydrogen (secondary N) is 1. The lowest BCUT2D eigenvalue weighted by Gasteiger charge is -2.05. The van der Waals surface area contributed by atoms with Gasteiger partial charge in [0.1, 0.15) is 11.5 Å². The third-order valence-electron chi connectivity index (χ3n) is 2.57. The highest BCUT2D eigenvalue weighted by Crippen LogP contribution is 2.16. The Balaban J connectivity index is 1.75. The van der Waals surface area contributed by atoms with Crippen LogP contribution in [0.2, 0.25) is 0 Å². The van der Waals surface area contributed by atoms with Crippen LogP contribution >= 0.6 is 11.3 Å². The van der Waals surface area contributed by atoms with Gasteiger partial charge in [0.05, 0.1) is 13.3 Å². The van der Waals surface area contributed by atoms with Gasteiger partial charge < -0.3 is 9.47 Å². The normalized spacial score (nSPS) is 10.6. The van der Waals surface area contributed by atoms with E-state index in [0.717, 1.165) is 10.6 Å². The molecule has 1 heterocycles. The fourth-order valence-corrected chi connectivity index (χ4v) is 2.29. The first-order valence-electron chi connectivity index (χ1n) is 6.32. The summed E-state index contributed by atoms with van der Waals surface area (Å²) in [4.78, 5) is 13.8. The molecule has 1 N–H and O–H groups in total. The largest absolute Gasteiger partial charge is 0.497 e. The number of methoxy groups -OCH3 is 1. The van der Waals surface area contributed by atoms with E-state index in [1.807, 2.05) is 19.1 Å². The number of hydrazone groups is 1. The summed E-state index contributed by atoms with van der Waals surface area (Å²) in [6.45, 7) is 1.93. The molecule has 1 aromatic heterocycles. The number of hydrogen-bond acceptors (Lipinski definition) is 5. The van der Waals surface area contributed by atoms with Crippen molar-refractivity contribution in [1.29, 1.82) is 0 Å². The summed E-state index contributed by atoms with van der Waals surface area (Å²) < 4.78 is 10.4. The molecular formula is C15H16N2O3S. The lowest BCUT2D eigenvalue weighted by molar-refractivity contribution is -0.123. The Morgan fingerprint density at radius 3 is 2.57 bits per heavy atom. The predicted molar refractivity (Wildman–Crippen MR) is 83.3 cm³/mol. The van der Waals surface area contributed by atoms with E-state index in [2.05, 4.69) is 10.5 Å². The van der Waals surface area contributed by atoms with E-state index in [-0.39, 0.29) is 12.5 Å². The van der Waals surface area contributed by atoms with Gasteiger partial charge in [-0.1, -0.05) is 0 Å². The van der Waals surface area contributed by atoms with E-state index >= 15 is 0 Å². The summed E-state index contributed by atoms with van der Waals surface area (Å²) >= 11 is 1.61. The van der Waals surface area contributed by atoms with Crippen molar-refractivity contribution in [2.24, 2.45) is 5.10 Å². The molecule has 110 valence electrons. The Morgan fingerprint density at radius 1 is 1.24 bits per heavy atom. The van der Waals surface area contributed by atoms with Crippen molar-refractivity contribution in [3.05, 3.63) is 46.2 Å². The van der Waals surface area contributed by atoms with Crippen LogP contribution in [0.15, 0.2) is 41.5 Å². The van der Waals surface area contributed by atoms with Crippen molar-refractivity contribution in [3.63, 3.8) is 0 Å². The van der Waals surface area contributed by atoms with Gasteiger partial charge in [0.2, 0.25) is 0 Å². The molecule has 0 saturated heterocycles. The average molecular weight is 304 g/mol. The second-order valence-corrected chi connectivity index (χ2v) is 5.53. The minimum atomic E-state index is -0.310. The van der Waals surface area contributed by atoms with Crippen LogP contribution < -0.4 is 14.9 Å². The molecule has 0 aliphatic heterocycles. The van der Waals surface area contributed by atoms with Gasteiger partial charge in [0.25, 0.3) is 5.91 Å². The van der Waals surface area contributed by atoms with Crippen LogP contribution in [0.4, 0.5) is 0 Å². The second-order valence-electron chi connectivity index (χ2n) is 4.21. The zero-order chi connectivity index (χ0) is 15.1. The van der Waals surface area contributed by atoms with Gasteiger partial charge in [-0.3, -0.25) is 4.79 Å². The first-order valence-corrected chi connectivity index (χ1v) is 7.14. The maximum absolute atomic E-state index is 11.6. The molecule has 0 bridgehead atoms. The van der Waals surface area contributed by atoms with Gasteiger partial charge >= 0.3 is 0 Å². The fourth-order valence-electron chi connectivity index (χ4n) is 1.54. The Kier molecular flexibility index (Phi) is 5.34. The molecule has 6 heteroatoms. The van der Waals surface area contributed by atoms with Gasteiger partial charge in [0.15, 0.2) is 6.61 Å². The lowest BCUT2D eigenvalue weighted by atomic mass is 10.3. The summed E-state index contributed by atoms with van der Waals surface area (Å²) in [6, 6.07) is 11.0. The van der Waals surface area contributed by atoms with Gasteiger partial charge in [-0.2, -0.15) is 5.10 Å². The number of aryl methyl sites for hydroxylation is 1. The lowest BCUT2D eigenvalue weighted by Crippen LogP contribution is -2.24. The summed E-state index contributed by atoms with van der Waals surface area (Å²) in [5, 5.41) is 3.88. The van der Waals surface area contributed by atoms with Crippen LogP contribution in [-0.4, -0.2) is 25.8 Å². The van der Waals surface area contributed by atoms with Crippen LogP contribution in [0.3, 0.4) is 0 Å². The van der Waals surface area contributed by atoms with E-state index in [1.54, 1.807) is 48.9 Å². The van der Waals surface area contributed by atoms with Crippen LogP contribution in [0.5, 0.6) is 11.5 Å². The quantitative estimate of drug-likeness (QED) is 0.659. The van der Waals surface area contributed by atoms with E-state index in [1.165, 1.54) is 4.88 Å². The van der Waals surface area contributed by atoms with E-state index in [9.17, 15) is 4.79 Å². The minimum absolute atomic E-state index is 0.0901. The Morgan fingerprint density at radius 2 is 1.95 bits per heavy atom. The van der Waals surface area contributed by atoms with Gasteiger partial charge in [-0.25, -0.2) is 5.43 Å². The van der Waals surface area contributed by atoms with Gasteiger partial charge in [-0.15, -0.1) is 11.3 Å². The molecule has 0 fully saturated rings. The SMILES string of the molecule is COc1ccc(OCC(=O)N/N=C\c2ccc(C)s2)cc1. The number of ether oxygens (including phenoxy) is 2. The molecule has 1 aromatic carbocycles. The molecule has 0 atom stereocenters. The third kappa shape index (κ3) is 4.92. The summed E-state index contributed by atoms with van der Waals surface area (Å²) in [5.41, 5.74) is 2.42. The van der Waals surface area contributed by atoms with Crippen LogP contribution in [-0.2, 0) is 4.79 Å². The number of benzene rings is 1. The topological polar surface area (TPSA) is 59.9 Å². The maximum Gasteiger partial charge on any atom is 0.277 e. The molecular weight excluding hydrogens is 288 g/mol. The van der Waals surface area contributed by atoms with Crippen LogP contribution in [0.25, 0.3) is 0 Å². The minimum Gasteiger partial charge on any atom is -0.497 e. The van der Waals surface area contributed by atoms with Gasteiger partial charge in [0, 0.05) is 9.75 Å². The number of rotatable bonds is 6. The van der Waals surface area contributed by atoms with E-state index in [4.69, 9.17) is 9.47 Å². The average Bonchev–Trinajstić information content (AvgIpc) is 2.91. The highest BCUT2D eigenvalue weighted by atomic mass is 32.1. The zero-order valence-electron chi connectivity index (χ0n) is 11.8. The number of carbonyl (C=O) groups excluding carboxylic acids is 1. The van der Waals surface area contributed by atoms with E-state index in [0.29, 0.717) is 5.75 Å². The second kappa shape index (κ2) is 7.44. The standard InChI is InChI=1S/C15H16N2O3S/c1-11-3-8-14(21-11)9-16-17-15(18)10-20-13-6-4-12(19-2)5-7-13/h3-9H,10H2,1-2H3,(H,17,18)/b16-9-. The molecule has 2 aromatic rings. The first kappa shape index (κ1) is 15.1. The Bertz CT molecular complexity index is 620. The number of amides is 1. The fraction of sp³-hybridized carbons (Fsp3) is 0.200. The molecule has 0 unspecified atom stereocenters. The zero-order valence-corrected chi connectivity index (χ0v) is 12.6. The number of carbonyl (C=O) groups is 1. The van der Waals surface area contributed by atoms with Crippen LogP contribution in [0, 0.1) is 6.92 Å². The Labute approximate surface area is 127 Å². The molecule has 0 saturated carbocycles. The number of nitrogens with zero attached hydrogens (tertiary/aromatic N) is 1. The molecule has 0 spiro atoms. The Hall–Kier alpha value is -2.34. The summed E-state index contributed by atoms with van der Waals surface area (Å²) in [7, 11) is 1.59. The van der Waals surface area contributed by atoms with Crippen molar-refractivity contribution < 1.29 is 14.3 Å².